The summed E-state index contributed by atoms with van der Waals surface area (Å²) in [6.07, 6.45) is 1.99. The van der Waals surface area contributed by atoms with Gasteiger partial charge in [-0.3, -0.25) is 0 Å². The molecule has 0 N–H and O–H groups in total. The molecule has 2 heteroatoms. The van der Waals surface area contributed by atoms with Crippen LogP contribution in [0.4, 0.5) is 0 Å². The summed E-state index contributed by atoms with van der Waals surface area (Å²) in [4.78, 5) is 11.2. The van der Waals surface area contributed by atoms with Crippen LogP contribution in [0.3, 0.4) is 0 Å². The van der Waals surface area contributed by atoms with E-state index in [1.165, 1.54) is 11.1 Å². The molecule has 0 aliphatic heterocycles. The van der Waals surface area contributed by atoms with Crippen molar-refractivity contribution in [2.45, 2.75) is 33.6 Å². The molecule has 1 nitrogen and oxygen atoms in total. The normalized spacial score (nSPS) is 9.06. The van der Waals surface area contributed by atoms with Gasteiger partial charge < -0.3 is 35.1 Å². The van der Waals surface area contributed by atoms with E-state index in [0.29, 0.717) is 0 Å². The summed E-state index contributed by atoms with van der Waals surface area (Å²) in [5.74, 6) is 0.187. The van der Waals surface area contributed by atoms with Crippen LogP contribution in [-0.4, -0.2) is 5.78 Å². The predicted octanol–water partition coefficient (Wildman–Crippen LogP) is 4.14. The van der Waals surface area contributed by atoms with Gasteiger partial charge in [-0.15, -0.1) is 5.56 Å². The van der Waals surface area contributed by atoms with Crippen LogP contribution in [0.25, 0.3) is 0 Å². The summed E-state index contributed by atoms with van der Waals surface area (Å²) in [7, 11) is 0. The van der Waals surface area contributed by atoms with Crippen molar-refractivity contribution in [3.63, 3.8) is 0 Å². The summed E-state index contributed by atoms with van der Waals surface area (Å²) in [6.45, 7) is 5.85. The molecule has 0 aliphatic carbocycles. The fourth-order valence-electron chi connectivity index (χ4n) is 1.96. The first-order valence-electron chi connectivity index (χ1n) is 6.15. The monoisotopic (exact) mass is 284 g/mol. The first kappa shape index (κ1) is 16.9. The maximum atomic E-state index is 11.2. The van der Waals surface area contributed by atoms with Gasteiger partial charge in [0.2, 0.25) is 0 Å². The predicted molar refractivity (Wildman–Crippen MR) is 72.8 cm³/mol. The van der Waals surface area contributed by atoms with Gasteiger partial charge in [0.15, 0.2) is 0 Å². The van der Waals surface area contributed by atoms with Gasteiger partial charge in [-0.1, -0.05) is 26.7 Å². The van der Waals surface area contributed by atoms with E-state index in [1.54, 1.807) is 6.92 Å². The van der Waals surface area contributed by atoms with E-state index in [9.17, 15) is 4.79 Å². The summed E-state index contributed by atoms with van der Waals surface area (Å²) >= 11 is 0. The molecule has 2 aromatic carbocycles. The van der Waals surface area contributed by atoms with E-state index in [0.717, 1.165) is 18.4 Å². The number of ketones is 1. The van der Waals surface area contributed by atoms with Gasteiger partial charge in [0.25, 0.3) is 0 Å². The standard InChI is InChI=1S/C11H15O.C5H5.Fe/c1-4-9-6-7-11(8(3)12)10(9)5-2;1-2-4-5-3-1;/h6-7H,4-5H2,1-3H3;1-5H;/q-1;-5;. The van der Waals surface area contributed by atoms with Crippen LogP contribution in [0.2, 0.25) is 0 Å². The number of rotatable bonds is 3. The number of carbonyl (C=O) groups is 1. The second-order valence-electron chi connectivity index (χ2n) is 3.98. The zero-order valence-electron chi connectivity index (χ0n) is 11.2. The van der Waals surface area contributed by atoms with E-state index < -0.39 is 0 Å². The molecule has 0 aromatic heterocycles. The Labute approximate surface area is 120 Å². The Bertz CT molecular complexity index is 420. The minimum atomic E-state index is 0. The smallest absolute Gasteiger partial charge is 0.0947 e. The van der Waals surface area contributed by atoms with Crippen molar-refractivity contribution >= 4 is 5.78 Å². The molecule has 0 fully saturated rings. The third-order valence-corrected chi connectivity index (χ3v) is 2.83. The topological polar surface area (TPSA) is 17.1 Å². The Morgan fingerprint density at radius 1 is 1.17 bits per heavy atom. The van der Waals surface area contributed by atoms with Gasteiger partial charge in [-0.2, -0.15) is 17.2 Å². The van der Waals surface area contributed by atoms with Crippen LogP contribution in [-0.2, 0) is 29.9 Å². The van der Waals surface area contributed by atoms with Gasteiger partial charge in [0.1, 0.15) is 0 Å². The maximum absolute atomic E-state index is 11.2. The number of carbonyl (C=O) groups excluding carboxylic acids is 1. The average Bonchev–Trinajstić information content (AvgIpc) is 3.00. The largest absolute Gasteiger partial charge is 0.748 e. The molecule has 0 aliphatic rings. The van der Waals surface area contributed by atoms with Crippen molar-refractivity contribution in [2.24, 2.45) is 0 Å². The second-order valence-corrected chi connectivity index (χ2v) is 3.98. The molecule has 18 heavy (non-hydrogen) atoms. The first-order valence-corrected chi connectivity index (χ1v) is 6.15. The number of Topliss-reactive ketones (excluding diaryl/α,β-unsaturated/α-hetero) is 1. The Balaban J connectivity index is 0.000000405. The van der Waals surface area contributed by atoms with Gasteiger partial charge in [0.05, 0.1) is 5.78 Å². The summed E-state index contributed by atoms with van der Waals surface area (Å²) in [6, 6.07) is 14.0. The Morgan fingerprint density at radius 2 is 1.67 bits per heavy atom. The van der Waals surface area contributed by atoms with E-state index in [1.807, 2.05) is 36.4 Å². The van der Waals surface area contributed by atoms with Crippen molar-refractivity contribution in [3.05, 3.63) is 59.2 Å². The molecule has 0 atom stereocenters. The van der Waals surface area contributed by atoms with Gasteiger partial charge >= 0.3 is 0 Å². The maximum Gasteiger partial charge on any atom is 0.0947 e. The molecule has 104 valence electrons. The molecule has 0 saturated carbocycles. The fraction of sp³-hybridized carbons (Fsp3) is 0.312. The molecular formula is C16H20FeO-6. The number of aryl methyl sites for hydroxylation is 1. The van der Waals surface area contributed by atoms with Gasteiger partial charge in [-0.25, -0.2) is 6.07 Å². The number of hydrogen-bond acceptors (Lipinski definition) is 1. The number of hydrogen-bond donors (Lipinski definition) is 0. The quantitative estimate of drug-likeness (QED) is 0.470. The Kier molecular flexibility index (Phi) is 8.36. The van der Waals surface area contributed by atoms with E-state index in [-0.39, 0.29) is 22.9 Å². The SMILES string of the molecule is CCc1c(C(C)=O)cc[c-]1CC.[Fe].[cH-]1[cH-][cH-][cH-][cH-]1. The summed E-state index contributed by atoms with van der Waals surface area (Å²) < 4.78 is 0. The molecule has 0 amide bonds. The molecule has 0 spiro atoms. The fourth-order valence-corrected chi connectivity index (χ4v) is 1.96. The zero-order chi connectivity index (χ0) is 12.7. The molecule has 2 rings (SSSR count). The molecule has 2 aromatic rings. The molecule has 0 radical (unpaired) electrons. The van der Waals surface area contributed by atoms with Crippen molar-refractivity contribution in [1.29, 1.82) is 0 Å². The van der Waals surface area contributed by atoms with Crippen LogP contribution in [0.15, 0.2) is 42.5 Å². The van der Waals surface area contributed by atoms with E-state index in [2.05, 4.69) is 19.9 Å². The molecule has 0 saturated heterocycles. The second kappa shape index (κ2) is 8.90. The summed E-state index contributed by atoms with van der Waals surface area (Å²) in [5, 5.41) is 0. The van der Waals surface area contributed by atoms with Crippen LogP contribution in [0.1, 0.15) is 42.3 Å². The zero-order valence-corrected chi connectivity index (χ0v) is 12.3. The minimum absolute atomic E-state index is 0. The molecule has 0 unspecified atom stereocenters. The van der Waals surface area contributed by atoms with E-state index >= 15 is 0 Å². The van der Waals surface area contributed by atoms with Crippen molar-refractivity contribution < 1.29 is 21.9 Å². The van der Waals surface area contributed by atoms with Crippen molar-refractivity contribution in [1.82, 2.24) is 0 Å². The van der Waals surface area contributed by atoms with Gasteiger partial charge in [0, 0.05) is 17.1 Å². The van der Waals surface area contributed by atoms with Crippen LogP contribution < -0.4 is 0 Å². The minimum Gasteiger partial charge on any atom is -0.748 e. The van der Waals surface area contributed by atoms with Crippen LogP contribution in [0.5, 0.6) is 0 Å². The van der Waals surface area contributed by atoms with E-state index in [4.69, 9.17) is 0 Å². The van der Waals surface area contributed by atoms with Gasteiger partial charge in [-0.05, 0) is 6.92 Å². The average molecular weight is 284 g/mol. The summed E-state index contributed by atoms with van der Waals surface area (Å²) in [5.41, 5.74) is 3.47. The molecule has 0 heterocycles. The van der Waals surface area contributed by atoms with Crippen LogP contribution in [0, 0.1) is 0 Å². The van der Waals surface area contributed by atoms with Crippen molar-refractivity contribution in [3.8, 4) is 0 Å². The molecule has 0 bridgehead atoms. The first-order chi connectivity index (χ1) is 8.20. The molecular weight excluding hydrogens is 264 g/mol. The third-order valence-electron chi connectivity index (χ3n) is 2.83. The third kappa shape index (κ3) is 4.64. The van der Waals surface area contributed by atoms with Crippen molar-refractivity contribution in [2.75, 3.05) is 0 Å². The Morgan fingerprint density at radius 3 is 2.00 bits per heavy atom. The van der Waals surface area contributed by atoms with Crippen LogP contribution >= 0.6 is 0 Å². The Hall–Kier alpha value is -1.11.